The van der Waals surface area contributed by atoms with Gasteiger partial charge in [-0.25, -0.2) is 4.39 Å². The van der Waals surface area contributed by atoms with Gasteiger partial charge in [-0.15, -0.1) is 0 Å². The molecule has 1 aromatic heterocycles. The maximum atomic E-state index is 14.7. The number of aryl methyl sites for hydroxylation is 1. The molecule has 3 aliphatic rings. The van der Waals surface area contributed by atoms with E-state index in [1.165, 1.54) is 18.9 Å². The standard InChI is InChI=1S/C32H35FN4O2/c1-20-25(18-30(38)37-16-8-9-22(37)19-36-14-5-6-15-36)21(2)34-29(20)17-26-31-24(23-10-3-4-12-27(23)33)11-7-13-28(31)35-32(26)39/h3-4,7,10-13,17,22,34H,5-6,8-9,14-16,18-19H2,1-2H3,(H,35,39). The topological polar surface area (TPSA) is 68.4 Å². The van der Waals surface area contributed by atoms with Gasteiger partial charge in [0.05, 0.1) is 12.0 Å². The Bertz CT molecular complexity index is 1470. The average molecular weight is 527 g/mol. The van der Waals surface area contributed by atoms with Gasteiger partial charge in [-0.1, -0.05) is 30.3 Å². The molecule has 39 heavy (non-hydrogen) atoms. The summed E-state index contributed by atoms with van der Waals surface area (Å²) in [7, 11) is 0. The Hall–Kier alpha value is -3.71. The van der Waals surface area contributed by atoms with Crippen LogP contribution >= 0.6 is 0 Å². The van der Waals surface area contributed by atoms with Crippen LogP contribution in [0.5, 0.6) is 0 Å². The zero-order valence-electron chi connectivity index (χ0n) is 22.6. The number of amides is 2. The van der Waals surface area contributed by atoms with Crippen molar-refractivity contribution < 1.29 is 14.0 Å². The van der Waals surface area contributed by atoms with Crippen molar-refractivity contribution in [2.75, 3.05) is 31.5 Å². The number of halogens is 1. The lowest BCUT2D eigenvalue weighted by atomic mass is 9.93. The highest BCUT2D eigenvalue weighted by Gasteiger charge is 2.32. The number of nitrogens with zero attached hydrogens (tertiary/aromatic N) is 2. The van der Waals surface area contributed by atoms with E-state index in [9.17, 15) is 14.0 Å². The van der Waals surface area contributed by atoms with Crippen molar-refractivity contribution in [3.63, 3.8) is 0 Å². The van der Waals surface area contributed by atoms with Gasteiger partial charge in [0.2, 0.25) is 5.91 Å². The van der Waals surface area contributed by atoms with Gasteiger partial charge in [-0.2, -0.15) is 0 Å². The number of anilines is 1. The van der Waals surface area contributed by atoms with E-state index in [1.807, 2.05) is 38.1 Å². The summed E-state index contributed by atoms with van der Waals surface area (Å²) >= 11 is 0. The minimum absolute atomic E-state index is 0.173. The largest absolute Gasteiger partial charge is 0.359 e. The summed E-state index contributed by atoms with van der Waals surface area (Å²) in [5, 5.41) is 2.93. The summed E-state index contributed by atoms with van der Waals surface area (Å²) in [6.45, 7) is 8.07. The highest BCUT2D eigenvalue weighted by Crippen LogP contribution is 2.41. The zero-order chi connectivity index (χ0) is 27.1. The molecular weight excluding hydrogens is 491 g/mol. The number of aromatic nitrogens is 1. The molecule has 0 bridgehead atoms. The van der Waals surface area contributed by atoms with Crippen molar-refractivity contribution in [3.8, 4) is 11.1 Å². The van der Waals surface area contributed by atoms with Gasteiger partial charge in [0.1, 0.15) is 5.82 Å². The fourth-order valence-corrected chi connectivity index (χ4v) is 6.53. The van der Waals surface area contributed by atoms with E-state index in [0.717, 1.165) is 61.5 Å². The minimum atomic E-state index is -0.331. The van der Waals surface area contributed by atoms with Gasteiger partial charge in [0.25, 0.3) is 5.91 Å². The lowest BCUT2D eigenvalue weighted by Crippen LogP contribution is -2.43. The van der Waals surface area contributed by atoms with Crippen molar-refractivity contribution in [2.24, 2.45) is 0 Å². The molecule has 3 aliphatic heterocycles. The maximum absolute atomic E-state index is 14.7. The van der Waals surface area contributed by atoms with Gasteiger partial charge < -0.3 is 20.1 Å². The third-order valence-electron chi connectivity index (χ3n) is 8.60. The van der Waals surface area contributed by atoms with Crippen molar-refractivity contribution in [1.82, 2.24) is 14.8 Å². The summed E-state index contributed by atoms with van der Waals surface area (Å²) in [5.41, 5.74) is 6.65. The number of hydrogen-bond donors (Lipinski definition) is 2. The molecule has 0 radical (unpaired) electrons. The highest BCUT2D eigenvalue weighted by molar-refractivity contribution is 6.36. The number of rotatable bonds is 6. The van der Waals surface area contributed by atoms with Gasteiger partial charge in [-0.05, 0) is 87.5 Å². The van der Waals surface area contributed by atoms with Crippen LogP contribution in [-0.2, 0) is 16.0 Å². The summed E-state index contributed by atoms with van der Waals surface area (Å²) in [6, 6.07) is 12.4. The number of carbonyl (C=O) groups excluding carboxylic acids is 2. The van der Waals surface area contributed by atoms with Crippen LogP contribution in [0.3, 0.4) is 0 Å². The minimum Gasteiger partial charge on any atom is -0.359 e. The summed E-state index contributed by atoms with van der Waals surface area (Å²) < 4.78 is 14.7. The van der Waals surface area contributed by atoms with Crippen LogP contribution in [0, 0.1) is 19.7 Å². The highest BCUT2D eigenvalue weighted by atomic mass is 19.1. The smallest absolute Gasteiger partial charge is 0.256 e. The Morgan fingerprint density at radius 2 is 1.79 bits per heavy atom. The molecule has 2 fully saturated rings. The van der Waals surface area contributed by atoms with Crippen molar-refractivity contribution in [3.05, 3.63) is 76.4 Å². The van der Waals surface area contributed by atoms with Crippen LogP contribution in [-0.4, -0.2) is 58.8 Å². The molecule has 7 heteroatoms. The van der Waals surface area contributed by atoms with Crippen LogP contribution in [0.1, 0.15) is 53.8 Å². The lowest BCUT2D eigenvalue weighted by Gasteiger charge is -2.28. The number of fused-ring (bicyclic) bond motifs is 1. The predicted molar refractivity (Wildman–Crippen MR) is 153 cm³/mol. The Morgan fingerprint density at radius 3 is 2.59 bits per heavy atom. The van der Waals surface area contributed by atoms with Gasteiger partial charge in [0, 0.05) is 47.3 Å². The Balaban J connectivity index is 1.28. The molecule has 3 aromatic rings. The van der Waals surface area contributed by atoms with E-state index < -0.39 is 0 Å². The number of nitrogens with one attached hydrogen (secondary N) is 2. The lowest BCUT2D eigenvalue weighted by molar-refractivity contribution is -0.131. The molecule has 202 valence electrons. The molecule has 0 saturated carbocycles. The number of H-pyrrole nitrogens is 1. The van der Waals surface area contributed by atoms with Crippen LogP contribution in [0.25, 0.3) is 22.8 Å². The summed E-state index contributed by atoms with van der Waals surface area (Å²) in [4.78, 5) is 34.6. The van der Waals surface area contributed by atoms with Crippen molar-refractivity contribution >= 4 is 29.2 Å². The Labute approximate surface area is 228 Å². The van der Waals surface area contributed by atoms with E-state index in [-0.39, 0.29) is 17.6 Å². The number of likely N-dealkylation sites (tertiary alicyclic amines) is 2. The van der Waals surface area contributed by atoms with Crippen LogP contribution < -0.4 is 5.32 Å². The molecule has 0 aliphatic carbocycles. The second kappa shape index (κ2) is 10.5. The maximum Gasteiger partial charge on any atom is 0.256 e. The molecule has 1 unspecified atom stereocenters. The molecule has 0 spiro atoms. The molecule has 2 saturated heterocycles. The first-order valence-electron chi connectivity index (χ1n) is 14.0. The SMILES string of the molecule is Cc1[nH]c(C=C2C(=O)Nc3cccc(-c4ccccc4F)c32)c(C)c1CC(=O)N1CCCC1CN1CCCC1. The monoisotopic (exact) mass is 526 g/mol. The van der Waals surface area contributed by atoms with E-state index >= 15 is 0 Å². The predicted octanol–water partition coefficient (Wildman–Crippen LogP) is 5.56. The quantitative estimate of drug-likeness (QED) is 0.413. The van der Waals surface area contributed by atoms with E-state index in [1.54, 1.807) is 18.2 Å². The summed E-state index contributed by atoms with van der Waals surface area (Å²) in [5.74, 6) is -0.381. The van der Waals surface area contributed by atoms with Crippen LogP contribution in [0.2, 0.25) is 0 Å². The molecule has 2 N–H and O–H groups in total. The Kier molecular flexibility index (Phi) is 6.85. The van der Waals surface area contributed by atoms with E-state index in [4.69, 9.17) is 0 Å². The van der Waals surface area contributed by atoms with E-state index in [2.05, 4.69) is 20.1 Å². The normalized spacial score (nSPS) is 20.2. The number of benzene rings is 2. The second-order valence-corrected chi connectivity index (χ2v) is 11.1. The van der Waals surface area contributed by atoms with Crippen LogP contribution in [0.4, 0.5) is 10.1 Å². The molecule has 6 rings (SSSR count). The van der Waals surface area contributed by atoms with Crippen molar-refractivity contribution in [1.29, 1.82) is 0 Å². The van der Waals surface area contributed by atoms with E-state index in [0.29, 0.717) is 40.4 Å². The van der Waals surface area contributed by atoms with Crippen LogP contribution in [0.15, 0.2) is 42.5 Å². The molecule has 1 atom stereocenters. The zero-order valence-corrected chi connectivity index (χ0v) is 22.6. The van der Waals surface area contributed by atoms with Gasteiger partial charge in [-0.3, -0.25) is 9.59 Å². The third kappa shape index (κ3) is 4.80. The average Bonchev–Trinajstić information content (AvgIpc) is 3.71. The molecule has 2 amide bonds. The second-order valence-electron chi connectivity index (χ2n) is 11.1. The fraction of sp³-hybridized carbons (Fsp3) is 0.375. The first kappa shape index (κ1) is 25.6. The van der Waals surface area contributed by atoms with Crippen molar-refractivity contribution in [2.45, 2.75) is 52.0 Å². The molecular formula is C32H35FN4O2. The first-order chi connectivity index (χ1) is 18.9. The summed E-state index contributed by atoms with van der Waals surface area (Å²) in [6.07, 6.45) is 6.83. The third-order valence-corrected chi connectivity index (χ3v) is 8.60. The molecule has 6 nitrogen and oxygen atoms in total. The van der Waals surface area contributed by atoms with Gasteiger partial charge in [0.15, 0.2) is 0 Å². The number of hydrogen-bond acceptors (Lipinski definition) is 3. The Morgan fingerprint density at radius 1 is 1.03 bits per heavy atom. The first-order valence-corrected chi connectivity index (χ1v) is 14.0. The molecule has 2 aromatic carbocycles. The molecule has 4 heterocycles. The fourth-order valence-electron chi connectivity index (χ4n) is 6.53. The van der Waals surface area contributed by atoms with Gasteiger partial charge >= 0.3 is 0 Å². The number of aromatic amines is 1. The number of carbonyl (C=O) groups is 2.